The molecule has 0 aromatic heterocycles. The van der Waals surface area contributed by atoms with Crippen LogP contribution in [0.2, 0.25) is 10.0 Å². The van der Waals surface area contributed by atoms with Crippen LogP contribution >= 0.6 is 23.2 Å². The fraction of sp³-hybridized carbons (Fsp3) is 0.733. The molecule has 0 bridgehead atoms. The van der Waals surface area contributed by atoms with E-state index in [9.17, 15) is 9.59 Å². The second-order valence-corrected chi connectivity index (χ2v) is 13.1. The molecule has 1 aliphatic heterocycles. The first-order chi connectivity index (χ1) is 18.6. The summed E-state index contributed by atoms with van der Waals surface area (Å²) in [5, 5.41) is 1.10. The molecule has 8 nitrogen and oxygen atoms in total. The SMILES string of the molecule is CCCCCOC1C(Cc2ccc(Cl)cc2Cl)COCC(N(COC(C)(C)C)C(=O)OC(C)(C)C)C(=O)OC1C. The summed E-state index contributed by atoms with van der Waals surface area (Å²) in [5.74, 6) is -0.786. The Morgan fingerprint density at radius 3 is 2.38 bits per heavy atom. The van der Waals surface area contributed by atoms with Gasteiger partial charge in [0, 0.05) is 22.6 Å². The molecule has 4 atom stereocenters. The zero-order chi connectivity index (χ0) is 30.1. The van der Waals surface area contributed by atoms with E-state index in [0.29, 0.717) is 23.1 Å². The van der Waals surface area contributed by atoms with Crippen molar-refractivity contribution in [1.29, 1.82) is 0 Å². The molecule has 0 spiro atoms. The molecule has 0 radical (unpaired) electrons. The molecule has 0 saturated carbocycles. The molecular formula is C30H47Cl2NO7. The summed E-state index contributed by atoms with van der Waals surface area (Å²) in [7, 11) is 0. The Kier molecular flexibility index (Phi) is 13.5. The fourth-order valence-electron chi connectivity index (χ4n) is 4.26. The normalized spacial score (nSPS) is 22.6. The number of carbonyl (C=O) groups is 2. The Labute approximate surface area is 249 Å². The third-order valence-corrected chi connectivity index (χ3v) is 6.89. The zero-order valence-electron chi connectivity index (χ0n) is 25.3. The van der Waals surface area contributed by atoms with Crippen molar-refractivity contribution in [3.05, 3.63) is 33.8 Å². The highest BCUT2D eigenvalue weighted by atomic mass is 35.5. The third-order valence-electron chi connectivity index (χ3n) is 6.31. The number of halogens is 2. The van der Waals surface area contributed by atoms with Crippen molar-refractivity contribution in [2.45, 2.75) is 111 Å². The maximum atomic E-state index is 13.5. The summed E-state index contributed by atoms with van der Waals surface area (Å²) in [6.45, 7) is 15.4. The van der Waals surface area contributed by atoms with Crippen LogP contribution in [0.5, 0.6) is 0 Å². The number of carbonyl (C=O) groups excluding carboxylic acids is 2. The number of nitrogens with zero attached hydrogens (tertiary/aromatic N) is 1. The number of hydrogen-bond acceptors (Lipinski definition) is 7. The van der Waals surface area contributed by atoms with Crippen LogP contribution < -0.4 is 0 Å². The van der Waals surface area contributed by atoms with Crippen molar-refractivity contribution in [3.8, 4) is 0 Å². The van der Waals surface area contributed by atoms with Crippen molar-refractivity contribution in [1.82, 2.24) is 4.90 Å². The summed E-state index contributed by atoms with van der Waals surface area (Å²) in [4.78, 5) is 28.0. The monoisotopic (exact) mass is 603 g/mol. The van der Waals surface area contributed by atoms with E-state index in [1.54, 1.807) is 32.9 Å². The summed E-state index contributed by atoms with van der Waals surface area (Å²) in [5.41, 5.74) is -0.435. The molecule has 10 heteroatoms. The van der Waals surface area contributed by atoms with Crippen LogP contribution in [0, 0.1) is 5.92 Å². The number of cyclic esters (lactones) is 1. The maximum absolute atomic E-state index is 13.5. The van der Waals surface area contributed by atoms with Gasteiger partial charge in [0.05, 0.1) is 24.9 Å². The molecule has 1 amide bonds. The Hall–Kier alpha value is -1.58. The molecule has 2 rings (SSSR count). The van der Waals surface area contributed by atoms with Crippen LogP contribution in [-0.2, 0) is 34.9 Å². The molecule has 1 aliphatic rings. The van der Waals surface area contributed by atoms with Crippen LogP contribution in [0.15, 0.2) is 18.2 Å². The van der Waals surface area contributed by atoms with Gasteiger partial charge in [0.1, 0.15) is 18.4 Å². The number of esters is 1. The molecule has 0 N–H and O–H groups in total. The lowest BCUT2D eigenvalue weighted by Crippen LogP contribution is -2.52. The van der Waals surface area contributed by atoms with Gasteiger partial charge in [0.15, 0.2) is 6.04 Å². The minimum atomic E-state index is -1.07. The van der Waals surface area contributed by atoms with Gasteiger partial charge in [-0.2, -0.15) is 0 Å². The second kappa shape index (κ2) is 15.6. The van der Waals surface area contributed by atoms with Gasteiger partial charge in [-0.3, -0.25) is 4.90 Å². The molecule has 4 unspecified atom stereocenters. The summed E-state index contributed by atoms with van der Waals surface area (Å²) in [6, 6.07) is 4.32. The average molecular weight is 605 g/mol. The van der Waals surface area contributed by atoms with Crippen molar-refractivity contribution in [2.75, 3.05) is 26.6 Å². The van der Waals surface area contributed by atoms with Gasteiger partial charge in [0.25, 0.3) is 0 Å². The number of unbranched alkanes of at least 4 members (excludes halogenated alkanes) is 2. The lowest BCUT2D eigenvalue weighted by molar-refractivity contribution is -0.168. The highest BCUT2D eigenvalue weighted by molar-refractivity contribution is 6.35. The average Bonchev–Trinajstić information content (AvgIpc) is 2.86. The summed E-state index contributed by atoms with van der Waals surface area (Å²) < 4.78 is 29.9. The molecular weight excluding hydrogens is 557 g/mol. The zero-order valence-corrected chi connectivity index (χ0v) is 26.8. The Balaban J connectivity index is 2.36. The Morgan fingerprint density at radius 1 is 1.07 bits per heavy atom. The lowest BCUT2D eigenvalue weighted by atomic mass is 9.91. The Morgan fingerprint density at radius 2 is 1.77 bits per heavy atom. The van der Waals surface area contributed by atoms with Crippen molar-refractivity contribution in [3.63, 3.8) is 0 Å². The highest BCUT2D eigenvalue weighted by Gasteiger charge is 2.40. The number of ether oxygens (including phenoxy) is 5. The van der Waals surface area contributed by atoms with Gasteiger partial charge >= 0.3 is 12.1 Å². The lowest BCUT2D eigenvalue weighted by Gasteiger charge is -2.34. The number of rotatable bonds is 10. The molecule has 1 saturated heterocycles. The van der Waals surface area contributed by atoms with E-state index in [1.807, 2.05) is 33.8 Å². The highest BCUT2D eigenvalue weighted by Crippen LogP contribution is 2.29. The maximum Gasteiger partial charge on any atom is 0.412 e. The van der Waals surface area contributed by atoms with Crippen molar-refractivity contribution in [2.24, 2.45) is 5.92 Å². The fourth-order valence-corrected chi connectivity index (χ4v) is 4.75. The first-order valence-corrected chi connectivity index (χ1v) is 14.8. The molecule has 40 heavy (non-hydrogen) atoms. The number of benzene rings is 1. The van der Waals surface area contributed by atoms with E-state index in [4.69, 9.17) is 46.9 Å². The van der Waals surface area contributed by atoms with E-state index in [-0.39, 0.29) is 25.9 Å². The Bertz CT molecular complexity index is 960. The van der Waals surface area contributed by atoms with Gasteiger partial charge in [-0.05, 0) is 79.0 Å². The van der Waals surface area contributed by atoms with Gasteiger partial charge in [-0.15, -0.1) is 0 Å². The minimum Gasteiger partial charge on any atom is -0.458 e. The smallest absolute Gasteiger partial charge is 0.412 e. The molecule has 228 valence electrons. The van der Waals surface area contributed by atoms with Gasteiger partial charge in [-0.1, -0.05) is 49.0 Å². The van der Waals surface area contributed by atoms with E-state index < -0.39 is 41.5 Å². The van der Waals surface area contributed by atoms with Crippen molar-refractivity contribution >= 4 is 35.3 Å². The van der Waals surface area contributed by atoms with Crippen LogP contribution in [-0.4, -0.2) is 73.0 Å². The van der Waals surface area contributed by atoms with Gasteiger partial charge in [0.2, 0.25) is 0 Å². The summed E-state index contributed by atoms with van der Waals surface area (Å²) in [6.07, 6.45) is 1.76. The third kappa shape index (κ3) is 11.7. The minimum absolute atomic E-state index is 0.0916. The topological polar surface area (TPSA) is 83.5 Å². The first kappa shape index (κ1) is 34.6. The van der Waals surface area contributed by atoms with Crippen LogP contribution in [0.1, 0.15) is 80.2 Å². The number of hydrogen-bond donors (Lipinski definition) is 0. The van der Waals surface area contributed by atoms with E-state index in [0.717, 1.165) is 24.8 Å². The van der Waals surface area contributed by atoms with Gasteiger partial charge < -0.3 is 23.7 Å². The summed E-state index contributed by atoms with van der Waals surface area (Å²) >= 11 is 12.6. The van der Waals surface area contributed by atoms with E-state index in [1.165, 1.54) is 4.90 Å². The predicted molar refractivity (Wildman–Crippen MR) is 157 cm³/mol. The molecule has 1 aromatic rings. The first-order valence-electron chi connectivity index (χ1n) is 14.1. The van der Waals surface area contributed by atoms with E-state index in [2.05, 4.69) is 6.92 Å². The molecule has 1 fully saturated rings. The largest absolute Gasteiger partial charge is 0.458 e. The molecule has 1 heterocycles. The van der Waals surface area contributed by atoms with E-state index >= 15 is 0 Å². The molecule has 0 aliphatic carbocycles. The standard InChI is InChI=1S/C30H47Cl2NO7/c1-9-10-11-14-37-26-20(2)39-27(34)25(33(19-38-29(3,4)5)28(35)40-30(6,7)8)18-36-17-22(26)15-21-12-13-23(31)16-24(21)32/h12-13,16,20,22,25-26H,9-11,14-15,17-19H2,1-8H3. The molecule has 1 aromatic carbocycles. The van der Waals surface area contributed by atoms with Crippen LogP contribution in [0.25, 0.3) is 0 Å². The van der Waals surface area contributed by atoms with Crippen LogP contribution in [0.3, 0.4) is 0 Å². The van der Waals surface area contributed by atoms with Gasteiger partial charge in [-0.25, -0.2) is 9.59 Å². The number of amides is 1. The second-order valence-electron chi connectivity index (χ2n) is 12.3. The van der Waals surface area contributed by atoms with Crippen molar-refractivity contribution < 1.29 is 33.3 Å². The van der Waals surface area contributed by atoms with Crippen LogP contribution in [0.4, 0.5) is 4.79 Å². The quantitative estimate of drug-likeness (QED) is 0.161. The predicted octanol–water partition coefficient (Wildman–Crippen LogP) is 7.07.